The molecule has 0 fully saturated rings. The largest absolute Gasteiger partial charge is 0.465 e. The zero-order valence-corrected chi connectivity index (χ0v) is 21.5. The molecule has 0 aliphatic heterocycles. The van der Waals surface area contributed by atoms with Gasteiger partial charge in [0, 0.05) is 21.6 Å². The Morgan fingerprint density at radius 2 is 1.51 bits per heavy atom. The van der Waals surface area contributed by atoms with Crippen LogP contribution in [0, 0.1) is 22.7 Å². The molecule has 186 valence electrons. The molecule has 3 aromatic carbocycles. The number of carbonyl (C=O) groups is 2. The molecule has 3 rings (SSSR count). The molecule has 1 atom stereocenters. The van der Waals surface area contributed by atoms with Crippen LogP contribution in [0.2, 0.25) is 15.1 Å². The second-order valence-electron chi connectivity index (χ2n) is 7.65. The van der Waals surface area contributed by atoms with Gasteiger partial charge in [0.2, 0.25) is 6.04 Å². The number of benzene rings is 3. The summed E-state index contributed by atoms with van der Waals surface area (Å²) < 4.78 is 0. The molecule has 0 aliphatic rings. The predicted octanol–water partition coefficient (Wildman–Crippen LogP) is 7.01. The van der Waals surface area contributed by atoms with Crippen molar-refractivity contribution in [2.75, 3.05) is 6.54 Å². The van der Waals surface area contributed by atoms with Gasteiger partial charge < -0.3 is 5.11 Å². The van der Waals surface area contributed by atoms with Crippen molar-refractivity contribution in [2.45, 2.75) is 18.4 Å². The normalized spacial score (nSPS) is 11.9. The van der Waals surface area contributed by atoms with E-state index < -0.39 is 23.5 Å². The number of rotatable bonds is 7. The topological polar surface area (TPSA) is 130 Å². The van der Waals surface area contributed by atoms with E-state index in [9.17, 15) is 20.1 Å². The van der Waals surface area contributed by atoms with Crippen LogP contribution in [0.15, 0.2) is 77.0 Å². The molecule has 1 unspecified atom stereocenters. The molecule has 0 aromatic heterocycles. The number of carboxylic acid groups (broad SMARTS) is 1. The summed E-state index contributed by atoms with van der Waals surface area (Å²) in [5, 5.41) is 37.7. The highest BCUT2D eigenvalue weighted by Gasteiger charge is 2.38. The number of nitrogens with zero attached hydrogens (tertiary/aromatic N) is 5. The molecule has 3 aromatic rings. The number of carbonyl (C=O) groups excluding carboxylic acids is 1. The number of hydrogen-bond acceptors (Lipinski definition) is 6. The van der Waals surface area contributed by atoms with E-state index in [0.29, 0.717) is 31.6 Å². The van der Waals surface area contributed by atoms with Crippen LogP contribution in [0.4, 0.5) is 10.5 Å². The van der Waals surface area contributed by atoms with Crippen LogP contribution < -0.4 is 0 Å². The van der Waals surface area contributed by atoms with Crippen molar-refractivity contribution < 1.29 is 14.7 Å². The van der Waals surface area contributed by atoms with Crippen LogP contribution in [-0.2, 0) is 10.2 Å². The number of imide groups is 1. The Bertz CT molecular complexity index is 1380. The van der Waals surface area contributed by atoms with E-state index in [-0.39, 0.29) is 17.3 Å². The Kier molecular flexibility index (Phi) is 8.86. The minimum atomic E-state index is -1.66. The van der Waals surface area contributed by atoms with Crippen LogP contribution in [0.5, 0.6) is 0 Å². The SMILES string of the molecule is CCN(C(=O)O)C(=O)C(C#N)N=Nc1ccc(C(C#N)(c2ccc(Cl)cc2)c2ccc(Cl)cc2)c(Cl)c1. The van der Waals surface area contributed by atoms with Gasteiger partial charge in [0.15, 0.2) is 0 Å². The Labute approximate surface area is 227 Å². The molecule has 37 heavy (non-hydrogen) atoms. The first kappa shape index (κ1) is 27.6. The first-order chi connectivity index (χ1) is 17.7. The Balaban J connectivity index is 2.07. The van der Waals surface area contributed by atoms with Crippen molar-refractivity contribution in [3.05, 3.63) is 98.5 Å². The average Bonchev–Trinajstić information content (AvgIpc) is 2.88. The van der Waals surface area contributed by atoms with E-state index in [1.165, 1.54) is 19.1 Å². The first-order valence-electron chi connectivity index (χ1n) is 10.8. The molecule has 1 N–H and O–H groups in total. The molecule has 11 heteroatoms. The molecule has 0 radical (unpaired) electrons. The summed E-state index contributed by atoms with van der Waals surface area (Å²) in [7, 11) is 0. The number of azo groups is 1. The fourth-order valence-electron chi connectivity index (χ4n) is 3.72. The van der Waals surface area contributed by atoms with Crippen LogP contribution in [0.25, 0.3) is 0 Å². The lowest BCUT2D eigenvalue weighted by Gasteiger charge is -2.29. The molecule has 0 heterocycles. The van der Waals surface area contributed by atoms with Gasteiger partial charge in [-0.05, 0) is 60.0 Å². The van der Waals surface area contributed by atoms with E-state index in [2.05, 4.69) is 16.3 Å². The van der Waals surface area contributed by atoms with Crippen molar-refractivity contribution in [1.29, 1.82) is 10.5 Å². The zero-order valence-electron chi connectivity index (χ0n) is 19.3. The monoisotopic (exact) mass is 553 g/mol. The van der Waals surface area contributed by atoms with Gasteiger partial charge in [0.1, 0.15) is 11.5 Å². The van der Waals surface area contributed by atoms with Crippen LogP contribution in [-0.4, -0.2) is 34.6 Å². The summed E-state index contributed by atoms with van der Waals surface area (Å²) in [6.45, 7) is 1.31. The van der Waals surface area contributed by atoms with Crippen LogP contribution in [0.3, 0.4) is 0 Å². The summed E-state index contributed by atoms with van der Waals surface area (Å²) in [5.74, 6) is -1.02. The maximum absolute atomic E-state index is 12.3. The summed E-state index contributed by atoms with van der Waals surface area (Å²) in [6, 6.07) is 20.6. The van der Waals surface area contributed by atoms with Crippen molar-refractivity contribution in [3.63, 3.8) is 0 Å². The molecule has 2 amide bonds. The Hall–Kier alpha value is -3.95. The van der Waals surface area contributed by atoms with Crippen molar-refractivity contribution >= 4 is 52.5 Å². The van der Waals surface area contributed by atoms with Crippen molar-refractivity contribution in [1.82, 2.24) is 4.90 Å². The number of hydrogen-bond donors (Lipinski definition) is 1. The van der Waals surface area contributed by atoms with Gasteiger partial charge in [-0.15, -0.1) is 0 Å². The lowest BCUT2D eigenvalue weighted by atomic mass is 9.70. The van der Waals surface area contributed by atoms with E-state index in [1.54, 1.807) is 60.7 Å². The third-order valence-electron chi connectivity index (χ3n) is 5.54. The van der Waals surface area contributed by atoms with Gasteiger partial charge in [0.05, 0.1) is 11.8 Å². The number of likely N-dealkylation sites (N-methyl/N-ethyl adjacent to an activating group) is 1. The molecular formula is C26H18Cl3N5O3. The lowest BCUT2D eigenvalue weighted by molar-refractivity contribution is -0.129. The quantitative estimate of drug-likeness (QED) is 0.248. The van der Waals surface area contributed by atoms with E-state index in [1.807, 2.05) is 0 Å². The summed E-state index contributed by atoms with van der Waals surface area (Å²) in [5.41, 5.74) is 0.523. The van der Waals surface area contributed by atoms with Crippen LogP contribution in [0.1, 0.15) is 23.6 Å². The lowest BCUT2D eigenvalue weighted by Crippen LogP contribution is -2.41. The van der Waals surface area contributed by atoms with Gasteiger partial charge in [-0.3, -0.25) is 4.79 Å². The van der Waals surface area contributed by atoms with Crippen molar-refractivity contribution in [2.24, 2.45) is 10.2 Å². The highest BCUT2D eigenvalue weighted by atomic mass is 35.5. The third kappa shape index (κ3) is 5.73. The number of nitriles is 2. The highest BCUT2D eigenvalue weighted by molar-refractivity contribution is 6.32. The third-order valence-corrected chi connectivity index (χ3v) is 6.35. The average molecular weight is 555 g/mol. The zero-order chi connectivity index (χ0) is 27.2. The van der Waals surface area contributed by atoms with Crippen LogP contribution >= 0.6 is 34.8 Å². The fraction of sp³-hybridized carbons (Fsp3) is 0.154. The molecule has 0 spiro atoms. The van der Waals surface area contributed by atoms with Crippen molar-refractivity contribution in [3.8, 4) is 12.1 Å². The fourth-order valence-corrected chi connectivity index (χ4v) is 4.29. The van der Waals surface area contributed by atoms with Gasteiger partial charge >= 0.3 is 6.09 Å². The standard InChI is InChI=1S/C26H18Cl3N5O3/c1-2-34(25(36)37)24(35)23(14-30)33-32-20-11-12-21(22(29)13-20)26(15-31,16-3-7-18(27)8-4-16)17-5-9-19(28)10-6-17/h3-13,23H,2H2,1H3,(H,36,37). The van der Waals surface area contributed by atoms with Gasteiger partial charge in [0.25, 0.3) is 5.91 Å². The number of amides is 2. The smallest absolute Gasteiger partial charge is 0.414 e. The highest BCUT2D eigenvalue weighted by Crippen LogP contribution is 2.43. The second-order valence-corrected chi connectivity index (χ2v) is 8.93. The maximum atomic E-state index is 12.3. The second kappa shape index (κ2) is 11.9. The summed E-state index contributed by atoms with van der Waals surface area (Å²) in [6.07, 6.45) is -1.49. The molecule has 0 bridgehead atoms. The Morgan fingerprint density at radius 3 is 1.92 bits per heavy atom. The molecule has 0 aliphatic carbocycles. The maximum Gasteiger partial charge on any atom is 0.414 e. The van der Waals surface area contributed by atoms with Gasteiger partial charge in [-0.1, -0.05) is 65.1 Å². The summed E-state index contributed by atoms with van der Waals surface area (Å²) in [4.78, 5) is 24.0. The summed E-state index contributed by atoms with van der Waals surface area (Å²) >= 11 is 18.8. The van der Waals surface area contributed by atoms with E-state index in [0.717, 1.165) is 0 Å². The van der Waals surface area contributed by atoms with Gasteiger partial charge in [-0.25, -0.2) is 9.69 Å². The minimum Gasteiger partial charge on any atom is -0.465 e. The molecular weight excluding hydrogens is 537 g/mol. The number of halogens is 3. The van der Waals surface area contributed by atoms with E-state index in [4.69, 9.17) is 39.9 Å². The van der Waals surface area contributed by atoms with Gasteiger partial charge in [-0.2, -0.15) is 20.8 Å². The molecule has 0 saturated carbocycles. The van der Waals surface area contributed by atoms with E-state index >= 15 is 0 Å². The minimum absolute atomic E-state index is 0.145. The predicted molar refractivity (Wildman–Crippen MR) is 139 cm³/mol. The Morgan fingerprint density at radius 1 is 0.973 bits per heavy atom. The molecule has 0 saturated heterocycles. The first-order valence-corrected chi connectivity index (χ1v) is 11.9. The molecule has 8 nitrogen and oxygen atoms in total.